The van der Waals surface area contributed by atoms with Crippen molar-refractivity contribution < 1.29 is 0 Å². The molecule has 0 fully saturated rings. The summed E-state index contributed by atoms with van der Waals surface area (Å²) in [6.07, 6.45) is 1.09. The van der Waals surface area contributed by atoms with Crippen LogP contribution in [-0.2, 0) is 13.0 Å². The van der Waals surface area contributed by atoms with Gasteiger partial charge in [-0.05, 0) is 7.05 Å². The van der Waals surface area contributed by atoms with Gasteiger partial charge in [-0.25, -0.2) is 4.98 Å². The third-order valence-electron chi connectivity index (χ3n) is 2.94. The van der Waals surface area contributed by atoms with Crippen LogP contribution in [0.2, 0.25) is 0 Å². The minimum Gasteiger partial charge on any atom is -0.301 e. The molecule has 0 bridgehead atoms. The van der Waals surface area contributed by atoms with Crippen molar-refractivity contribution in [2.45, 2.75) is 13.0 Å². The minimum absolute atomic E-state index is 1.06. The number of fused-ring (bicyclic) bond motifs is 1. The van der Waals surface area contributed by atoms with E-state index in [0.717, 1.165) is 19.5 Å². The second-order valence-corrected chi connectivity index (χ2v) is 5.33. The quantitative estimate of drug-likeness (QED) is 0.749. The molecule has 16 heavy (non-hydrogen) atoms. The van der Waals surface area contributed by atoms with Gasteiger partial charge in [-0.3, -0.25) is 0 Å². The molecule has 2 heterocycles. The van der Waals surface area contributed by atoms with E-state index in [1.165, 1.54) is 21.1 Å². The Morgan fingerprint density at radius 3 is 2.88 bits per heavy atom. The molecule has 0 saturated heterocycles. The monoisotopic (exact) mass is 230 g/mol. The van der Waals surface area contributed by atoms with Gasteiger partial charge in [0, 0.05) is 30.0 Å². The normalized spacial score (nSPS) is 16.1. The van der Waals surface area contributed by atoms with Crippen LogP contribution in [0.25, 0.3) is 10.6 Å². The Morgan fingerprint density at radius 1 is 1.25 bits per heavy atom. The van der Waals surface area contributed by atoms with Crippen molar-refractivity contribution in [3.8, 4) is 10.6 Å². The third-order valence-corrected chi connectivity index (χ3v) is 4.07. The lowest BCUT2D eigenvalue weighted by Gasteiger charge is -2.20. The van der Waals surface area contributed by atoms with Crippen molar-refractivity contribution in [1.29, 1.82) is 0 Å². The number of rotatable bonds is 1. The average Bonchev–Trinajstić information content (AvgIpc) is 2.73. The summed E-state index contributed by atoms with van der Waals surface area (Å²) in [6, 6.07) is 10.5. The topological polar surface area (TPSA) is 16.1 Å². The highest BCUT2D eigenvalue weighted by molar-refractivity contribution is 7.15. The summed E-state index contributed by atoms with van der Waals surface area (Å²) in [7, 11) is 2.17. The molecule has 2 aromatic rings. The van der Waals surface area contributed by atoms with E-state index in [-0.39, 0.29) is 0 Å². The van der Waals surface area contributed by atoms with Crippen LogP contribution in [-0.4, -0.2) is 23.5 Å². The molecule has 0 radical (unpaired) electrons. The van der Waals surface area contributed by atoms with Gasteiger partial charge in [0.2, 0.25) is 0 Å². The maximum Gasteiger partial charge on any atom is 0.123 e. The van der Waals surface area contributed by atoms with Crippen molar-refractivity contribution in [3.63, 3.8) is 0 Å². The van der Waals surface area contributed by atoms with E-state index < -0.39 is 0 Å². The van der Waals surface area contributed by atoms with E-state index in [1.54, 1.807) is 0 Å². The van der Waals surface area contributed by atoms with E-state index >= 15 is 0 Å². The van der Waals surface area contributed by atoms with Crippen molar-refractivity contribution in [1.82, 2.24) is 9.88 Å². The Morgan fingerprint density at radius 2 is 2.06 bits per heavy atom. The third kappa shape index (κ3) is 1.77. The Bertz CT molecular complexity index is 490. The fourth-order valence-corrected chi connectivity index (χ4v) is 3.22. The first-order valence-electron chi connectivity index (χ1n) is 5.55. The van der Waals surface area contributed by atoms with Crippen LogP contribution in [0.1, 0.15) is 10.6 Å². The van der Waals surface area contributed by atoms with Crippen molar-refractivity contribution in [3.05, 3.63) is 40.9 Å². The molecular weight excluding hydrogens is 216 g/mol. The summed E-state index contributed by atoms with van der Waals surface area (Å²) in [6.45, 7) is 2.19. The SMILES string of the molecule is CN1CCc2nc(-c3ccccc3)sc2C1. The van der Waals surface area contributed by atoms with Gasteiger partial charge in [-0.2, -0.15) is 0 Å². The predicted octanol–water partition coefficient (Wildman–Crippen LogP) is 2.80. The lowest BCUT2D eigenvalue weighted by molar-refractivity contribution is 0.314. The second-order valence-electron chi connectivity index (χ2n) is 4.24. The maximum absolute atomic E-state index is 4.75. The van der Waals surface area contributed by atoms with Gasteiger partial charge in [0.1, 0.15) is 5.01 Å². The Labute approximate surface area is 99.6 Å². The van der Waals surface area contributed by atoms with Crippen molar-refractivity contribution >= 4 is 11.3 Å². The standard InChI is InChI=1S/C13H14N2S/c1-15-8-7-11-12(9-15)16-13(14-11)10-5-3-2-4-6-10/h2-6H,7-9H2,1H3. The molecule has 1 aromatic heterocycles. The number of benzene rings is 1. The number of thiazole rings is 1. The van der Waals surface area contributed by atoms with Crippen LogP contribution in [0, 0.1) is 0 Å². The zero-order valence-corrected chi connectivity index (χ0v) is 10.1. The lowest BCUT2D eigenvalue weighted by Crippen LogP contribution is -2.25. The molecule has 82 valence electrons. The first kappa shape index (κ1) is 10.00. The summed E-state index contributed by atoms with van der Waals surface area (Å²) in [5.41, 5.74) is 2.55. The number of hydrogen-bond donors (Lipinski definition) is 0. The average molecular weight is 230 g/mol. The zero-order valence-electron chi connectivity index (χ0n) is 9.31. The van der Waals surface area contributed by atoms with Crippen LogP contribution >= 0.6 is 11.3 Å². The zero-order chi connectivity index (χ0) is 11.0. The van der Waals surface area contributed by atoms with Crippen molar-refractivity contribution in [2.24, 2.45) is 0 Å². The number of hydrogen-bond acceptors (Lipinski definition) is 3. The minimum atomic E-state index is 1.06. The summed E-state index contributed by atoms with van der Waals surface area (Å²) in [5, 5.41) is 1.17. The highest BCUT2D eigenvalue weighted by Gasteiger charge is 2.18. The second kappa shape index (κ2) is 4.00. The molecule has 1 aliphatic rings. The van der Waals surface area contributed by atoms with Gasteiger partial charge >= 0.3 is 0 Å². The van der Waals surface area contributed by atoms with Gasteiger partial charge < -0.3 is 4.90 Å². The maximum atomic E-state index is 4.75. The molecule has 3 heteroatoms. The van der Waals surface area contributed by atoms with Crippen LogP contribution in [0.3, 0.4) is 0 Å². The largest absolute Gasteiger partial charge is 0.301 e. The molecule has 0 N–H and O–H groups in total. The molecule has 1 aromatic carbocycles. The fraction of sp³-hybridized carbons (Fsp3) is 0.308. The van der Waals surface area contributed by atoms with Gasteiger partial charge in [0.15, 0.2) is 0 Å². The van der Waals surface area contributed by atoms with Crippen LogP contribution < -0.4 is 0 Å². The summed E-state index contributed by atoms with van der Waals surface area (Å²) >= 11 is 1.84. The molecular formula is C13H14N2S. The molecule has 0 spiro atoms. The first-order chi connectivity index (χ1) is 7.83. The van der Waals surface area contributed by atoms with Crippen LogP contribution in [0.4, 0.5) is 0 Å². The first-order valence-corrected chi connectivity index (χ1v) is 6.37. The fourth-order valence-electron chi connectivity index (χ4n) is 2.03. The summed E-state index contributed by atoms with van der Waals surface area (Å²) in [4.78, 5) is 8.54. The highest BCUT2D eigenvalue weighted by atomic mass is 32.1. The predicted molar refractivity (Wildman–Crippen MR) is 67.6 cm³/mol. The molecule has 0 aliphatic carbocycles. The molecule has 2 nitrogen and oxygen atoms in total. The Kier molecular flexibility index (Phi) is 2.50. The van der Waals surface area contributed by atoms with Gasteiger partial charge in [-0.15, -0.1) is 11.3 Å². The van der Waals surface area contributed by atoms with Gasteiger partial charge in [-0.1, -0.05) is 30.3 Å². The number of nitrogens with zero attached hydrogens (tertiary/aromatic N) is 2. The Balaban J connectivity index is 1.99. The smallest absolute Gasteiger partial charge is 0.123 e. The molecule has 0 amide bonds. The van der Waals surface area contributed by atoms with Crippen molar-refractivity contribution in [2.75, 3.05) is 13.6 Å². The number of likely N-dealkylation sites (N-methyl/N-ethyl adjacent to an activating group) is 1. The summed E-state index contributed by atoms with van der Waals surface area (Å²) in [5.74, 6) is 0. The van der Waals surface area contributed by atoms with E-state index in [0.29, 0.717) is 0 Å². The van der Waals surface area contributed by atoms with Gasteiger partial charge in [0.05, 0.1) is 5.69 Å². The van der Waals surface area contributed by atoms with E-state index in [4.69, 9.17) is 4.98 Å². The van der Waals surface area contributed by atoms with E-state index in [9.17, 15) is 0 Å². The molecule has 0 saturated carbocycles. The molecule has 0 unspecified atom stereocenters. The van der Waals surface area contributed by atoms with E-state index in [1.807, 2.05) is 17.4 Å². The van der Waals surface area contributed by atoms with Gasteiger partial charge in [0.25, 0.3) is 0 Å². The highest BCUT2D eigenvalue weighted by Crippen LogP contribution is 2.30. The Hall–Kier alpha value is -1.19. The molecule has 0 atom stereocenters. The molecule has 3 rings (SSSR count). The lowest BCUT2D eigenvalue weighted by atomic mass is 10.2. The number of aromatic nitrogens is 1. The summed E-state index contributed by atoms with van der Waals surface area (Å²) < 4.78 is 0. The van der Waals surface area contributed by atoms with Crippen LogP contribution in [0.15, 0.2) is 30.3 Å². The molecule has 1 aliphatic heterocycles. The van der Waals surface area contributed by atoms with E-state index in [2.05, 4.69) is 36.2 Å². The van der Waals surface area contributed by atoms with Crippen LogP contribution in [0.5, 0.6) is 0 Å².